The highest BCUT2D eigenvalue weighted by molar-refractivity contribution is 5.93. The third-order valence-corrected chi connectivity index (χ3v) is 5.39. The smallest absolute Gasteiger partial charge is 0.416 e. The van der Waals surface area contributed by atoms with Crippen molar-refractivity contribution in [3.8, 4) is 0 Å². The lowest BCUT2D eigenvalue weighted by Gasteiger charge is -2.49. The molecule has 1 N–H and O–H groups in total. The molecule has 0 saturated carbocycles. The first-order chi connectivity index (χ1) is 15.7. The maximum absolute atomic E-state index is 14.1. The van der Waals surface area contributed by atoms with Gasteiger partial charge in [-0.3, -0.25) is 10.1 Å². The molecule has 1 fully saturated rings. The van der Waals surface area contributed by atoms with Gasteiger partial charge in [0.25, 0.3) is 0 Å². The molecule has 0 aromatic heterocycles. The monoisotopic (exact) mass is 484 g/mol. The Morgan fingerprint density at radius 2 is 1.65 bits per heavy atom. The first-order valence-corrected chi connectivity index (χ1v) is 10.5. The molecule has 1 heterocycles. The van der Waals surface area contributed by atoms with Gasteiger partial charge in [0.2, 0.25) is 0 Å². The summed E-state index contributed by atoms with van der Waals surface area (Å²) in [4.78, 5) is 26.8. The van der Waals surface area contributed by atoms with Crippen LogP contribution < -0.4 is 5.32 Å². The zero-order valence-corrected chi connectivity index (χ0v) is 18.9. The number of Topliss-reactive ketones (excluding diaryl/α,β-unsaturated/α-hetero) is 1. The van der Waals surface area contributed by atoms with Gasteiger partial charge in [-0.1, -0.05) is 18.2 Å². The first-order valence-electron chi connectivity index (χ1n) is 10.5. The van der Waals surface area contributed by atoms with Crippen LogP contribution in [0, 0.1) is 11.6 Å². The number of amides is 1. The van der Waals surface area contributed by atoms with Gasteiger partial charge in [-0.05, 0) is 50.1 Å². The van der Waals surface area contributed by atoms with Crippen LogP contribution in [0.2, 0.25) is 0 Å². The third-order valence-electron chi connectivity index (χ3n) is 5.39. The minimum atomic E-state index is -4.47. The van der Waals surface area contributed by atoms with Crippen molar-refractivity contribution in [2.75, 3.05) is 13.1 Å². The summed E-state index contributed by atoms with van der Waals surface area (Å²) in [6, 6.07) is 7.35. The van der Waals surface area contributed by atoms with Crippen LogP contribution in [0.15, 0.2) is 42.5 Å². The van der Waals surface area contributed by atoms with Crippen LogP contribution in [0.1, 0.15) is 37.5 Å². The van der Waals surface area contributed by atoms with Gasteiger partial charge in [0.1, 0.15) is 22.8 Å². The molecule has 0 aliphatic carbocycles. The minimum absolute atomic E-state index is 0.00202. The number of benzene rings is 2. The molecule has 0 radical (unpaired) electrons. The van der Waals surface area contributed by atoms with Gasteiger partial charge in [0.05, 0.1) is 18.7 Å². The number of ketones is 1. The Kier molecular flexibility index (Phi) is 7.02. The molecule has 1 amide bonds. The highest BCUT2D eigenvalue weighted by Gasteiger charge is 2.51. The molecule has 0 atom stereocenters. The fourth-order valence-electron chi connectivity index (χ4n) is 3.54. The van der Waals surface area contributed by atoms with Crippen LogP contribution in [0.4, 0.5) is 26.7 Å². The van der Waals surface area contributed by atoms with Crippen molar-refractivity contribution in [3.63, 3.8) is 0 Å². The molecule has 2 aromatic rings. The molecule has 0 spiro atoms. The topological polar surface area (TPSA) is 58.6 Å². The van der Waals surface area contributed by atoms with E-state index in [1.165, 1.54) is 23.1 Å². The van der Waals surface area contributed by atoms with Gasteiger partial charge in [-0.2, -0.15) is 13.2 Å². The number of carbonyl (C=O) groups is 2. The average Bonchev–Trinajstić information content (AvgIpc) is 2.67. The lowest BCUT2D eigenvalue weighted by molar-refractivity contribution is -0.137. The zero-order valence-electron chi connectivity index (χ0n) is 18.9. The standard InChI is InChI=1S/C24H25F5N2O3/c1-22(2,3)34-21(33)31-13-23(14-31,20(32)10-16-6-9-18(25)11-19(16)26)30-12-15-4-7-17(8-5-15)24(27,28)29/h4-9,11,30H,10,12-14H2,1-3H3. The van der Waals surface area contributed by atoms with Gasteiger partial charge in [0, 0.05) is 19.0 Å². The molecular weight excluding hydrogens is 459 g/mol. The van der Waals surface area contributed by atoms with Crippen molar-refractivity contribution < 1.29 is 36.3 Å². The molecule has 1 aliphatic rings. The van der Waals surface area contributed by atoms with Crippen molar-refractivity contribution in [1.29, 1.82) is 0 Å². The number of hydrogen-bond donors (Lipinski definition) is 1. The fourth-order valence-corrected chi connectivity index (χ4v) is 3.54. The van der Waals surface area contributed by atoms with Gasteiger partial charge < -0.3 is 9.64 Å². The molecule has 0 unspecified atom stereocenters. The fraction of sp³-hybridized carbons (Fsp3) is 0.417. The van der Waals surface area contributed by atoms with Crippen molar-refractivity contribution in [3.05, 3.63) is 70.8 Å². The van der Waals surface area contributed by atoms with Crippen LogP contribution in [-0.2, 0) is 28.7 Å². The van der Waals surface area contributed by atoms with E-state index in [-0.39, 0.29) is 31.6 Å². The van der Waals surface area contributed by atoms with Crippen molar-refractivity contribution in [1.82, 2.24) is 10.2 Å². The number of ether oxygens (including phenoxy) is 1. The van der Waals surface area contributed by atoms with E-state index in [0.29, 0.717) is 11.6 Å². The molecule has 184 valence electrons. The molecule has 2 aromatic carbocycles. The van der Waals surface area contributed by atoms with Crippen molar-refractivity contribution in [2.45, 2.75) is 51.1 Å². The van der Waals surface area contributed by atoms with Crippen molar-refractivity contribution >= 4 is 11.9 Å². The maximum Gasteiger partial charge on any atom is 0.416 e. The Morgan fingerprint density at radius 1 is 1.03 bits per heavy atom. The quantitative estimate of drug-likeness (QED) is 0.595. The number of nitrogens with one attached hydrogen (secondary N) is 1. The number of carbonyl (C=O) groups excluding carboxylic acids is 2. The molecular formula is C24H25F5N2O3. The second-order valence-corrected chi connectivity index (χ2v) is 9.30. The largest absolute Gasteiger partial charge is 0.444 e. The normalized spacial score (nSPS) is 15.6. The third kappa shape index (κ3) is 6.11. The van der Waals surface area contributed by atoms with Crippen LogP contribution in [0.5, 0.6) is 0 Å². The summed E-state index contributed by atoms with van der Waals surface area (Å²) in [6.45, 7) is 5.00. The van der Waals surface area contributed by atoms with E-state index in [1.54, 1.807) is 20.8 Å². The lowest BCUT2D eigenvalue weighted by atomic mass is 9.82. The van der Waals surface area contributed by atoms with Gasteiger partial charge in [0.15, 0.2) is 5.78 Å². The summed E-state index contributed by atoms with van der Waals surface area (Å²) in [6.07, 6.45) is -5.45. The van der Waals surface area contributed by atoms with E-state index >= 15 is 0 Å². The second kappa shape index (κ2) is 9.32. The molecule has 5 nitrogen and oxygen atoms in total. The highest BCUT2D eigenvalue weighted by atomic mass is 19.4. The van der Waals surface area contributed by atoms with E-state index < -0.39 is 46.4 Å². The Bertz CT molecular complexity index is 1060. The average molecular weight is 484 g/mol. The van der Waals surface area contributed by atoms with Gasteiger partial charge >= 0.3 is 12.3 Å². The number of hydrogen-bond acceptors (Lipinski definition) is 4. The first kappa shape index (κ1) is 25.6. The Hall–Kier alpha value is -3.01. The predicted molar refractivity (Wildman–Crippen MR) is 114 cm³/mol. The summed E-state index contributed by atoms with van der Waals surface area (Å²) in [5, 5.41) is 3.03. The molecule has 1 aliphatic heterocycles. The van der Waals surface area contributed by atoms with E-state index in [1.807, 2.05) is 0 Å². The summed E-state index contributed by atoms with van der Waals surface area (Å²) in [5.74, 6) is -2.08. The van der Waals surface area contributed by atoms with Crippen LogP contribution >= 0.6 is 0 Å². The summed E-state index contributed by atoms with van der Waals surface area (Å²) < 4.78 is 71.0. The second-order valence-electron chi connectivity index (χ2n) is 9.30. The Labute approximate surface area is 193 Å². The SMILES string of the molecule is CC(C)(C)OC(=O)N1CC(NCc2ccc(C(F)(F)F)cc2)(C(=O)Cc2ccc(F)cc2F)C1. The molecule has 0 bridgehead atoms. The molecule has 10 heteroatoms. The summed E-state index contributed by atoms with van der Waals surface area (Å²) in [7, 11) is 0. The van der Waals surface area contributed by atoms with E-state index in [9.17, 15) is 31.5 Å². The highest BCUT2D eigenvalue weighted by Crippen LogP contribution is 2.30. The maximum atomic E-state index is 14.1. The number of likely N-dealkylation sites (tertiary alicyclic amines) is 1. The Balaban J connectivity index is 1.76. The number of halogens is 5. The zero-order chi connectivity index (χ0) is 25.3. The predicted octanol–water partition coefficient (Wildman–Crippen LogP) is 4.87. The van der Waals surface area contributed by atoms with Crippen LogP contribution in [0.3, 0.4) is 0 Å². The van der Waals surface area contributed by atoms with Crippen LogP contribution in [0.25, 0.3) is 0 Å². The number of nitrogens with zero attached hydrogens (tertiary/aromatic N) is 1. The number of alkyl halides is 3. The van der Waals surface area contributed by atoms with Gasteiger partial charge in [-0.25, -0.2) is 13.6 Å². The van der Waals surface area contributed by atoms with E-state index in [2.05, 4.69) is 5.32 Å². The lowest BCUT2D eigenvalue weighted by Crippen LogP contribution is -2.74. The summed E-state index contributed by atoms with van der Waals surface area (Å²) >= 11 is 0. The number of rotatable bonds is 6. The summed E-state index contributed by atoms with van der Waals surface area (Å²) in [5.41, 5.74) is -2.32. The van der Waals surface area contributed by atoms with E-state index in [4.69, 9.17) is 4.74 Å². The molecule has 34 heavy (non-hydrogen) atoms. The van der Waals surface area contributed by atoms with E-state index in [0.717, 1.165) is 18.2 Å². The molecule has 3 rings (SSSR count). The van der Waals surface area contributed by atoms with Crippen molar-refractivity contribution in [2.24, 2.45) is 0 Å². The van der Waals surface area contributed by atoms with Gasteiger partial charge in [-0.15, -0.1) is 0 Å². The Morgan fingerprint density at radius 3 is 2.18 bits per heavy atom. The molecule has 1 saturated heterocycles. The van der Waals surface area contributed by atoms with Crippen LogP contribution in [-0.4, -0.2) is 41.0 Å². The minimum Gasteiger partial charge on any atom is -0.444 e.